The van der Waals surface area contributed by atoms with E-state index < -0.39 is 17.7 Å². The van der Waals surface area contributed by atoms with Gasteiger partial charge in [-0.3, -0.25) is 5.32 Å². The summed E-state index contributed by atoms with van der Waals surface area (Å²) in [5.41, 5.74) is 0.607. The van der Waals surface area contributed by atoms with Gasteiger partial charge < -0.3 is 9.84 Å². The topological polar surface area (TPSA) is 75.6 Å². The molecule has 0 saturated heterocycles. The monoisotopic (exact) mass is 265 g/mol. The van der Waals surface area contributed by atoms with Crippen molar-refractivity contribution in [1.82, 2.24) is 0 Å². The van der Waals surface area contributed by atoms with Gasteiger partial charge in [-0.05, 0) is 44.9 Å². The van der Waals surface area contributed by atoms with Crippen LogP contribution in [0.25, 0.3) is 0 Å². The Labute approximate surface area is 112 Å². The molecule has 0 aromatic heterocycles. The van der Waals surface area contributed by atoms with Crippen LogP contribution in [0.15, 0.2) is 18.2 Å². The summed E-state index contributed by atoms with van der Waals surface area (Å²) in [6, 6.07) is 4.85. The van der Waals surface area contributed by atoms with Gasteiger partial charge in [0, 0.05) is 0 Å². The number of anilines is 1. The van der Waals surface area contributed by atoms with Crippen LogP contribution in [-0.4, -0.2) is 22.8 Å². The maximum absolute atomic E-state index is 11.7. The van der Waals surface area contributed by atoms with E-state index in [0.29, 0.717) is 0 Å². The highest BCUT2D eigenvalue weighted by molar-refractivity contribution is 5.98. The van der Waals surface area contributed by atoms with E-state index in [1.165, 1.54) is 6.07 Å². The summed E-state index contributed by atoms with van der Waals surface area (Å²) in [5, 5.41) is 11.6. The molecule has 0 bridgehead atoms. The van der Waals surface area contributed by atoms with Crippen molar-refractivity contribution in [1.29, 1.82) is 0 Å². The van der Waals surface area contributed by atoms with Gasteiger partial charge in [-0.15, -0.1) is 0 Å². The number of aryl methyl sites for hydroxylation is 1. The summed E-state index contributed by atoms with van der Waals surface area (Å²) in [6.45, 7) is 7.18. The first-order chi connectivity index (χ1) is 8.73. The molecule has 2 N–H and O–H groups in total. The molecular formula is C14H19NO4. The van der Waals surface area contributed by atoms with Crippen LogP contribution >= 0.6 is 0 Å². The molecule has 1 aromatic rings. The predicted octanol–water partition coefficient (Wildman–Crippen LogP) is 3.29. The lowest BCUT2D eigenvalue weighted by Gasteiger charge is -2.20. The molecule has 0 aliphatic carbocycles. The Morgan fingerprint density at radius 1 is 1.32 bits per heavy atom. The van der Waals surface area contributed by atoms with E-state index in [9.17, 15) is 9.59 Å². The average Bonchev–Trinajstić information content (AvgIpc) is 2.25. The minimum atomic E-state index is -1.09. The third-order valence-corrected chi connectivity index (χ3v) is 2.36. The zero-order chi connectivity index (χ0) is 14.6. The van der Waals surface area contributed by atoms with Crippen molar-refractivity contribution < 1.29 is 19.4 Å². The number of carboxylic acid groups (broad SMARTS) is 1. The van der Waals surface area contributed by atoms with Crippen LogP contribution in [0.1, 0.15) is 43.6 Å². The smallest absolute Gasteiger partial charge is 0.412 e. The number of rotatable bonds is 3. The van der Waals surface area contributed by atoms with Crippen LogP contribution in [-0.2, 0) is 11.2 Å². The first-order valence-corrected chi connectivity index (χ1v) is 6.09. The number of aromatic carboxylic acids is 1. The molecule has 19 heavy (non-hydrogen) atoms. The first kappa shape index (κ1) is 15.0. The maximum Gasteiger partial charge on any atom is 0.412 e. The standard InChI is InChI=1S/C14H19NO4/c1-5-9-6-7-10(12(16)17)11(8-9)15-13(18)19-14(2,3)4/h6-8H,5H2,1-4H3,(H,15,18)(H,16,17). The molecule has 0 unspecified atom stereocenters. The maximum atomic E-state index is 11.7. The molecule has 0 heterocycles. The fraction of sp³-hybridized carbons (Fsp3) is 0.429. The molecule has 1 amide bonds. The fourth-order valence-electron chi connectivity index (χ4n) is 1.51. The van der Waals surface area contributed by atoms with Gasteiger partial charge in [0.05, 0.1) is 11.3 Å². The van der Waals surface area contributed by atoms with E-state index in [2.05, 4.69) is 5.32 Å². The third kappa shape index (κ3) is 4.62. The van der Waals surface area contributed by atoms with Gasteiger partial charge in [0.25, 0.3) is 0 Å². The zero-order valence-corrected chi connectivity index (χ0v) is 11.6. The van der Waals surface area contributed by atoms with Crippen LogP contribution < -0.4 is 5.32 Å². The van der Waals surface area contributed by atoms with Crippen molar-refractivity contribution in [2.45, 2.75) is 39.7 Å². The van der Waals surface area contributed by atoms with Crippen molar-refractivity contribution in [3.05, 3.63) is 29.3 Å². The van der Waals surface area contributed by atoms with Crippen molar-refractivity contribution in [3.8, 4) is 0 Å². The van der Waals surface area contributed by atoms with Gasteiger partial charge in [0.15, 0.2) is 0 Å². The van der Waals surface area contributed by atoms with Gasteiger partial charge in [-0.25, -0.2) is 9.59 Å². The molecule has 0 radical (unpaired) electrons. The number of carbonyl (C=O) groups is 2. The van der Waals surface area contributed by atoms with E-state index in [1.54, 1.807) is 32.9 Å². The normalized spacial score (nSPS) is 10.9. The van der Waals surface area contributed by atoms with Crippen molar-refractivity contribution in [2.75, 3.05) is 5.32 Å². The summed E-state index contributed by atoms with van der Waals surface area (Å²) in [5.74, 6) is -1.09. The number of carbonyl (C=O) groups excluding carboxylic acids is 1. The molecule has 1 rings (SSSR count). The molecule has 0 spiro atoms. The van der Waals surface area contributed by atoms with Crippen LogP contribution in [0.4, 0.5) is 10.5 Å². The largest absolute Gasteiger partial charge is 0.478 e. The number of benzene rings is 1. The lowest BCUT2D eigenvalue weighted by atomic mass is 10.1. The quantitative estimate of drug-likeness (QED) is 0.879. The van der Waals surface area contributed by atoms with Gasteiger partial charge in [0.1, 0.15) is 5.60 Å². The summed E-state index contributed by atoms with van der Waals surface area (Å²) < 4.78 is 5.11. The summed E-state index contributed by atoms with van der Waals surface area (Å²) in [6.07, 6.45) is 0.0892. The highest BCUT2D eigenvalue weighted by atomic mass is 16.6. The Balaban J connectivity index is 2.98. The lowest BCUT2D eigenvalue weighted by molar-refractivity contribution is 0.0636. The highest BCUT2D eigenvalue weighted by Crippen LogP contribution is 2.19. The summed E-state index contributed by atoms with van der Waals surface area (Å²) in [7, 11) is 0. The number of nitrogens with one attached hydrogen (secondary N) is 1. The Bertz CT molecular complexity index is 489. The second-order valence-corrected chi connectivity index (χ2v) is 5.17. The minimum absolute atomic E-state index is 0.0445. The second-order valence-electron chi connectivity index (χ2n) is 5.17. The Morgan fingerprint density at radius 2 is 1.95 bits per heavy atom. The number of hydrogen-bond acceptors (Lipinski definition) is 3. The molecule has 0 aliphatic heterocycles. The van der Waals surface area contributed by atoms with Gasteiger partial charge in [-0.1, -0.05) is 13.0 Å². The van der Waals surface area contributed by atoms with Crippen LogP contribution in [0.2, 0.25) is 0 Å². The predicted molar refractivity (Wildman–Crippen MR) is 72.6 cm³/mol. The van der Waals surface area contributed by atoms with E-state index in [-0.39, 0.29) is 11.3 Å². The number of hydrogen-bond donors (Lipinski definition) is 2. The van der Waals surface area contributed by atoms with Crippen molar-refractivity contribution in [3.63, 3.8) is 0 Å². The third-order valence-electron chi connectivity index (χ3n) is 2.36. The van der Waals surface area contributed by atoms with E-state index in [4.69, 9.17) is 9.84 Å². The Kier molecular flexibility index (Phi) is 4.53. The lowest BCUT2D eigenvalue weighted by Crippen LogP contribution is -2.27. The second kappa shape index (κ2) is 5.73. The molecule has 1 aromatic carbocycles. The molecule has 0 saturated carbocycles. The molecule has 0 fully saturated rings. The van der Waals surface area contributed by atoms with Gasteiger partial charge in [0.2, 0.25) is 0 Å². The Hall–Kier alpha value is -2.04. The molecule has 104 valence electrons. The molecule has 0 aliphatic rings. The van der Waals surface area contributed by atoms with Crippen molar-refractivity contribution in [2.24, 2.45) is 0 Å². The Morgan fingerprint density at radius 3 is 2.42 bits per heavy atom. The van der Waals surface area contributed by atoms with Crippen molar-refractivity contribution >= 4 is 17.7 Å². The van der Waals surface area contributed by atoms with Crippen LogP contribution in [0.5, 0.6) is 0 Å². The van der Waals surface area contributed by atoms with Crippen LogP contribution in [0, 0.1) is 0 Å². The molecule has 5 heteroatoms. The SMILES string of the molecule is CCc1ccc(C(=O)O)c(NC(=O)OC(C)(C)C)c1. The van der Waals surface area contributed by atoms with E-state index in [1.807, 2.05) is 6.92 Å². The number of amides is 1. The van der Waals surface area contributed by atoms with E-state index >= 15 is 0 Å². The molecule has 5 nitrogen and oxygen atoms in total. The fourth-order valence-corrected chi connectivity index (χ4v) is 1.51. The average molecular weight is 265 g/mol. The van der Waals surface area contributed by atoms with Crippen LogP contribution in [0.3, 0.4) is 0 Å². The zero-order valence-electron chi connectivity index (χ0n) is 11.6. The molecular weight excluding hydrogens is 246 g/mol. The summed E-state index contributed by atoms with van der Waals surface area (Å²) >= 11 is 0. The summed E-state index contributed by atoms with van der Waals surface area (Å²) in [4.78, 5) is 22.8. The first-order valence-electron chi connectivity index (χ1n) is 6.09. The number of ether oxygens (including phenoxy) is 1. The van der Waals surface area contributed by atoms with E-state index in [0.717, 1.165) is 12.0 Å². The number of carboxylic acids is 1. The molecule has 0 atom stereocenters. The van der Waals surface area contributed by atoms with Gasteiger partial charge >= 0.3 is 12.1 Å². The van der Waals surface area contributed by atoms with Gasteiger partial charge in [-0.2, -0.15) is 0 Å². The minimum Gasteiger partial charge on any atom is -0.478 e. The highest BCUT2D eigenvalue weighted by Gasteiger charge is 2.18.